The van der Waals surface area contributed by atoms with Crippen molar-refractivity contribution in [1.82, 2.24) is 19.7 Å². The van der Waals surface area contributed by atoms with Gasteiger partial charge in [-0.2, -0.15) is 18.3 Å². The smallest absolute Gasteiger partial charge is 0.437 e. The van der Waals surface area contributed by atoms with E-state index in [1.54, 1.807) is 24.3 Å². The Morgan fingerprint density at radius 1 is 1.22 bits per heavy atom. The minimum Gasteiger partial charge on any atom is -0.497 e. The van der Waals surface area contributed by atoms with Gasteiger partial charge in [0.1, 0.15) is 16.4 Å². The molecule has 0 amide bonds. The number of methoxy groups -OCH3 is 1. The maximum atomic E-state index is 13.1. The van der Waals surface area contributed by atoms with Gasteiger partial charge < -0.3 is 4.74 Å². The van der Waals surface area contributed by atoms with E-state index in [1.807, 2.05) is 0 Å². The van der Waals surface area contributed by atoms with Crippen LogP contribution in [0.2, 0.25) is 5.15 Å². The third-order valence-corrected chi connectivity index (χ3v) is 3.36. The monoisotopic (exact) mass is 342 g/mol. The van der Waals surface area contributed by atoms with Crippen LogP contribution in [0.1, 0.15) is 11.3 Å². The van der Waals surface area contributed by atoms with Gasteiger partial charge in [-0.05, 0) is 17.7 Å². The summed E-state index contributed by atoms with van der Waals surface area (Å²) in [6, 6.07) is 6.89. The molecule has 0 aliphatic rings. The molecule has 0 N–H and O–H groups in total. The summed E-state index contributed by atoms with van der Waals surface area (Å²) in [6.45, 7) is 0.103. The van der Waals surface area contributed by atoms with Crippen LogP contribution in [-0.4, -0.2) is 26.9 Å². The van der Waals surface area contributed by atoms with Crippen molar-refractivity contribution in [2.24, 2.45) is 0 Å². The summed E-state index contributed by atoms with van der Waals surface area (Å²) in [6.07, 6.45) is -3.55. The second-order valence-electron chi connectivity index (χ2n) is 4.72. The van der Waals surface area contributed by atoms with E-state index >= 15 is 0 Å². The molecule has 9 heteroatoms. The molecule has 5 nitrogen and oxygen atoms in total. The molecule has 0 unspecified atom stereocenters. The Bertz CT molecular complexity index is 846. The molecule has 0 aliphatic heterocycles. The summed E-state index contributed by atoms with van der Waals surface area (Å²) in [7, 11) is 1.53. The van der Waals surface area contributed by atoms with E-state index in [-0.39, 0.29) is 22.9 Å². The highest BCUT2D eigenvalue weighted by atomic mass is 35.5. The van der Waals surface area contributed by atoms with Gasteiger partial charge in [0.2, 0.25) is 0 Å². The first kappa shape index (κ1) is 15.5. The molecule has 0 saturated carbocycles. The van der Waals surface area contributed by atoms with E-state index < -0.39 is 11.9 Å². The summed E-state index contributed by atoms with van der Waals surface area (Å²) in [5, 5.41) is 3.62. The van der Waals surface area contributed by atoms with Gasteiger partial charge in [0, 0.05) is 0 Å². The average Bonchev–Trinajstić information content (AvgIpc) is 2.86. The van der Waals surface area contributed by atoms with Crippen molar-refractivity contribution in [2.45, 2.75) is 12.7 Å². The van der Waals surface area contributed by atoms with E-state index in [2.05, 4.69) is 15.1 Å². The number of halogens is 4. The number of rotatable bonds is 3. The van der Waals surface area contributed by atoms with Crippen LogP contribution in [0.3, 0.4) is 0 Å². The fourth-order valence-corrected chi connectivity index (χ4v) is 2.25. The Kier molecular flexibility index (Phi) is 3.85. The van der Waals surface area contributed by atoms with Crippen molar-refractivity contribution in [2.75, 3.05) is 7.11 Å². The molecule has 0 aliphatic carbocycles. The van der Waals surface area contributed by atoms with Gasteiger partial charge in [0.25, 0.3) is 0 Å². The third-order valence-electron chi connectivity index (χ3n) is 3.17. The van der Waals surface area contributed by atoms with Crippen LogP contribution < -0.4 is 4.74 Å². The first-order chi connectivity index (χ1) is 10.9. The van der Waals surface area contributed by atoms with Crippen LogP contribution in [0, 0.1) is 0 Å². The zero-order chi connectivity index (χ0) is 16.6. The molecule has 0 bridgehead atoms. The molecule has 0 atom stereocenters. The molecule has 2 heterocycles. The van der Waals surface area contributed by atoms with Crippen LogP contribution >= 0.6 is 11.6 Å². The summed E-state index contributed by atoms with van der Waals surface area (Å²) >= 11 is 5.74. The van der Waals surface area contributed by atoms with Crippen LogP contribution in [-0.2, 0) is 12.7 Å². The van der Waals surface area contributed by atoms with Crippen molar-refractivity contribution in [3.05, 3.63) is 46.9 Å². The molecular weight excluding hydrogens is 333 g/mol. The SMILES string of the molecule is COc1ccc(Cn2nc(C(F)(F)F)c3ncc(Cl)nc32)cc1. The minimum atomic E-state index is -4.62. The normalized spacial score (nSPS) is 11.9. The second kappa shape index (κ2) is 5.69. The lowest BCUT2D eigenvalue weighted by Gasteiger charge is -2.05. The molecule has 0 radical (unpaired) electrons. The number of hydrogen-bond acceptors (Lipinski definition) is 4. The van der Waals surface area contributed by atoms with E-state index in [0.29, 0.717) is 5.75 Å². The number of fused-ring (bicyclic) bond motifs is 1. The Labute approximate surface area is 133 Å². The maximum Gasteiger partial charge on any atom is 0.437 e. The molecule has 3 aromatic rings. The lowest BCUT2D eigenvalue weighted by atomic mass is 10.2. The standard InChI is InChI=1S/C14H10ClF3N4O/c1-23-9-4-2-8(3-5-9)7-22-13-11(19-6-10(15)20-13)12(21-22)14(16,17)18/h2-6H,7H2,1H3. The van der Waals surface area contributed by atoms with Crippen LogP contribution in [0.25, 0.3) is 11.2 Å². The first-order valence-corrected chi connectivity index (χ1v) is 6.85. The summed E-state index contributed by atoms with van der Waals surface area (Å²) in [5.74, 6) is 0.651. The average molecular weight is 343 g/mol. The van der Waals surface area contributed by atoms with Gasteiger partial charge in [-0.25, -0.2) is 14.6 Å². The first-order valence-electron chi connectivity index (χ1n) is 6.47. The molecule has 0 fully saturated rings. The highest BCUT2D eigenvalue weighted by molar-refractivity contribution is 6.29. The molecule has 0 spiro atoms. The van der Waals surface area contributed by atoms with Crippen LogP contribution in [0.15, 0.2) is 30.5 Å². The van der Waals surface area contributed by atoms with Crippen molar-refractivity contribution in [1.29, 1.82) is 0 Å². The zero-order valence-corrected chi connectivity index (χ0v) is 12.6. The van der Waals surface area contributed by atoms with E-state index in [1.165, 1.54) is 7.11 Å². The Morgan fingerprint density at radius 2 is 1.91 bits per heavy atom. The molecule has 1 aromatic carbocycles. The van der Waals surface area contributed by atoms with Crippen molar-refractivity contribution >= 4 is 22.8 Å². The fourth-order valence-electron chi connectivity index (χ4n) is 2.13. The molecular formula is C14H10ClF3N4O. The topological polar surface area (TPSA) is 52.8 Å². The number of aromatic nitrogens is 4. The number of ether oxygens (including phenoxy) is 1. The van der Waals surface area contributed by atoms with E-state index in [9.17, 15) is 13.2 Å². The minimum absolute atomic E-state index is 0.00195. The predicted octanol–water partition coefficient (Wildman–Crippen LogP) is 3.56. The fraction of sp³-hybridized carbons (Fsp3) is 0.214. The number of alkyl halides is 3. The molecule has 120 valence electrons. The summed E-state index contributed by atoms with van der Waals surface area (Å²) in [4.78, 5) is 7.64. The largest absolute Gasteiger partial charge is 0.497 e. The van der Waals surface area contributed by atoms with Crippen LogP contribution in [0.4, 0.5) is 13.2 Å². The number of nitrogens with zero attached hydrogens (tertiary/aromatic N) is 4. The molecule has 0 saturated heterocycles. The van der Waals surface area contributed by atoms with Gasteiger partial charge in [-0.15, -0.1) is 0 Å². The number of hydrogen-bond donors (Lipinski definition) is 0. The predicted molar refractivity (Wildman–Crippen MR) is 77.4 cm³/mol. The quantitative estimate of drug-likeness (QED) is 0.730. The lowest BCUT2D eigenvalue weighted by molar-refractivity contribution is -0.140. The zero-order valence-electron chi connectivity index (χ0n) is 11.8. The van der Waals surface area contributed by atoms with Gasteiger partial charge in [0.05, 0.1) is 19.9 Å². The van der Waals surface area contributed by atoms with Crippen molar-refractivity contribution in [3.8, 4) is 5.75 Å². The molecule has 2 aromatic heterocycles. The molecule has 3 rings (SSSR count). The van der Waals surface area contributed by atoms with E-state index in [0.717, 1.165) is 16.4 Å². The highest BCUT2D eigenvalue weighted by Gasteiger charge is 2.38. The number of benzene rings is 1. The van der Waals surface area contributed by atoms with Crippen molar-refractivity contribution < 1.29 is 17.9 Å². The Balaban J connectivity index is 2.07. The van der Waals surface area contributed by atoms with E-state index in [4.69, 9.17) is 16.3 Å². The second-order valence-corrected chi connectivity index (χ2v) is 5.10. The maximum absolute atomic E-state index is 13.1. The van der Waals surface area contributed by atoms with Gasteiger partial charge in [-0.3, -0.25) is 0 Å². The lowest BCUT2D eigenvalue weighted by Crippen LogP contribution is -2.09. The third kappa shape index (κ3) is 3.07. The highest BCUT2D eigenvalue weighted by Crippen LogP contribution is 2.33. The Morgan fingerprint density at radius 3 is 2.52 bits per heavy atom. The van der Waals surface area contributed by atoms with Gasteiger partial charge >= 0.3 is 6.18 Å². The van der Waals surface area contributed by atoms with Gasteiger partial charge in [0.15, 0.2) is 11.3 Å². The van der Waals surface area contributed by atoms with Crippen molar-refractivity contribution in [3.63, 3.8) is 0 Å². The summed E-state index contributed by atoms with van der Waals surface area (Å²) in [5.41, 5.74) is -0.674. The van der Waals surface area contributed by atoms with Crippen LogP contribution in [0.5, 0.6) is 5.75 Å². The Hall–Kier alpha value is -2.35. The molecule has 23 heavy (non-hydrogen) atoms. The van der Waals surface area contributed by atoms with Gasteiger partial charge in [-0.1, -0.05) is 23.7 Å². The summed E-state index contributed by atoms with van der Waals surface area (Å²) < 4.78 is 45.4.